The lowest BCUT2D eigenvalue weighted by Crippen LogP contribution is -2.35. The van der Waals surface area contributed by atoms with Crippen molar-refractivity contribution in [2.45, 2.75) is 26.3 Å². The van der Waals surface area contributed by atoms with Crippen molar-refractivity contribution >= 4 is 12.0 Å². The molecule has 2 aromatic rings. The normalized spacial score (nSPS) is 14.7. The molecule has 0 aromatic heterocycles. The molecule has 1 amide bonds. The van der Waals surface area contributed by atoms with Gasteiger partial charge in [-0.05, 0) is 29.3 Å². The average Bonchev–Trinajstić information content (AvgIpc) is 2.77. The second-order valence-corrected chi connectivity index (χ2v) is 7.22. The van der Waals surface area contributed by atoms with Crippen molar-refractivity contribution in [1.29, 1.82) is 0 Å². The zero-order valence-corrected chi connectivity index (χ0v) is 17.7. The Hall–Kier alpha value is -3.11. The lowest BCUT2D eigenvalue weighted by Gasteiger charge is -2.26. The second-order valence-electron chi connectivity index (χ2n) is 7.22. The van der Waals surface area contributed by atoms with Gasteiger partial charge in [0.05, 0.1) is 13.2 Å². The minimum atomic E-state index is -3.17. The number of rotatable bonds is 10. The number of carbonyl (C=O) groups is 1. The highest BCUT2D eigenvalue weighted by Gasteiger charge is 2.13. The Balaban J connectivity index is 1.58. The smallest absolute Gasteiger partial charge is 0.387 e. The van der Waals surface area contributed by atoms with E-state index in [1.54, 1.807) is 0 Å². The topological polar surface area (TPSA) is 60.0 Å². The van der Waals surface area contributed by atoms with Crippen molar-refractivity contribution in [1.82, 2.24) is 10.2 Å². The molecule has 33 heavy (non-hydrogen) atoms. The second kappa shape index (κ2) is 12.2. The fourth-order valence-corrected chi connectivity index (χ4v) is 3.30. The monoisotopic (exact) mass is 468 g/mol. The van der Waals surface area contributed by atoms with E-state index in [4.69, 9.17) is 4.74 Å². The SMILES string of the molecule is O=C(/C=C/c1ccc(OC(F)F)cc1OC(F)F)NCc1cccc(CN2CCOCC2)c1. The molecule has 1 saturated heterocycles. The molecule has 0 aliphatic carbocycles. The van der Waals surface area contributed by atoms with Crippen molar-refractivity contribution < 1.29 is 36.6 Å². The van der Waals surface area contributed by atoms with Gasteiger partial charge in [0.2, 0.25) is 5.91 Å². The minimum absolute atomic E-state index is 0.111. The van der Waals surface area contributed by atoms with Crippen molar-refractivity contribution in [3.8, 4) is 11.5 Å². The molecule has 1 aliphatic heterocycles. The summed E-state index contributed by atoms with van der Waals surface area (Å²) in [6.45, 7) is -2.02. The summed E-state index contributed by atoms with van der Waals surface area (Å²) in [6.07, 6.45) is 2.41. The Morgan fingerprint density at radius 2 is 1.76 bits per heavy atom. The van der Waals surface area contributed by atoms with Gasteiger partial charge in [0.1, 0.15) is 11.5 Å². The summed E-state index contributed by atoms with van der Waals surface area (Å²) in [4.78, 5) is 14.5. The molecule has 178 valence electrons. The number of alkyl halides is 4. The van der Waals surface area contributed by atoms with Gasteiger partial charge >= 0.3 is 13.2 Å². The molecule has 1 N–H and O–H groups in total. The third-order valence-corrected chi connectivity index (χ3v) is 4.81. The van der Waals surface area contributed by atoms with E-state index in [1.165, 1.54) is 18.2 Å². The van der Waals surface area contributed by atoms with Crippen LogP contribution in [-0.4, -0.2) is 50.3 Å². The van der Waals surface area contributed by atoms with Crippen LogP contribution in [0.5, 0.6) is 11.5 Å². The van der Waals surface area contributed by atoms with Crippen LogP contribution in [0.15, 0.2) is 48.5 Å². The van der Waals surface area contributed by atoms with Gasteiger partial charge in [-0.2, -0.15) is 17.6 Å². The third kappa shape index (κ3) is 8.39. The van der Waals surface area contributed by atoms with Crippen LogP contribution >= 0.6 is 0 Å². The predicted molar refractivity (Wildman–Crippen MR) is 113 cm³/mol. The van der Waals surface area contributed by atoms with Gasteiger partial charge in [-0.3, -0.25) is 9.69 Å². The van der Waals surface area contributed by atoms with E-state index in [2.05, 4.69) is 19.7 Å². The maximum Gasteiger partial charge on any atom is 0.387 e. The van der Waals surface area contributed by atoms with Gasteiger partial charge in [0.15, 0.2) is 0 Å². The van der Waals surface area contributed by atoms with Crippen molar-refractivity contribution in [3.63, 3.8) is 0 Å². The van der Waals surface area contributed by atoms with Crippen LogP contribution in [0, 0.1) is 0 Å². The average molecular weight is 468 g/mol. The zero-order valence-electron chi connectivity index (χ0n) is 17.7. The van der Waals surface area contributed by atoms with Crippen LogP contribution in [0.1, 0.15) is 16.7 Å². The van der Waals surface area contributed by atoms with Crippen molar-refractivity contribution in [2.75, 3.05) is 26.3 Å². The van der Waals surface area contributed by atoms with Crippen LogP contribution in [0.25, 0.3) is 6.08 Å². The van der Waals surface area contributed by atoms with Crippen LogP contribution in [0.2, 0.25) is 0 Å². The van der Waals surface area contributed by atoms with E-state index in [0.717, 1.165) is 42.9 Å². The Labute approximate surface area is 188 Å². The molecule has 2 aromatic carbocycles. The minimum Gasteiger partial charge on any atom is -0.435 e. The first-order valence-corrected chi connectivity index (χ1v) is 10.3. The summed E-state index contributed by atoms with van der Waals surface area (Å²) in [5, 5.41) is 2.73. The van der Waals surface area contributed by atoms with Gasteiger partial charge in [-0.15, -0.1) is 0 Å². The quantitative estimate of drug-likeness (QED) is 0.421. The summed E-state index contributed by atoms with van der Waals surface area (Å²) in [7, 11) is 0. The van der Waals surface area contributed by atoms with Gasteiger partial charge in [-0.25, -0.2) is 0 Å². The van der Waals surface area contributed by atoms with Crippen LogP contribution in [-0.2, 0) is 22.6 Å². The molecule has 6 nitrogen and oxygen atoms in total. The molecular weight excluding hydrogens is 444 g/mol. The van der Waals surface area contributed by atoms with Gasteiger partial charge in [0, 0.05) is 43.9 Å². The molecule has 0 spiro atoms. The Kier molecular flexibility index (Phi) is 9.08. The molecular formula is C23H24F4N2O4. The fourth-order valence-electron chi connectivity index (χ4n) is 3.30. The number of ether oxygens (including phenoxy) is 3. The zero-order chi connectivity index (χ0) is 23.6. The number of carbonyl (C=O) groups excluding carboxylic acids is 1. The molecule has 1 heterocycles. The molecule has 0 saturated carbocycles. The third-order valence-electron chi connectivity index (χ3n) is 4.81. The molecule has 0 bridgehead atoms. The van der Waals surface area contributed by atoms with E-state index in [1.807, 2.05) is 24.3 Å². The molecule has 1 fully saturated rings. The van der Waals surface area contributed by atoms with E-state index in [9.17, 15) is 22.4 Å². The number of hydrogen-bond donors (Lipinski definition) is 1. The van der Waals surface area contributed by atoms with Gasteiger partial charge in [-0.1, -0.05) is 24.3 Å². The number of amides is 1. The first kappa shape index (κ1) is 24.5. The lowest BCUT2D eigenvalue weighted by atomic mass is 10.1. The molecule has 3 rings (SSSR count). The summed E-state index contributed by atoms with van der Waals surface area (Å²) in [5.74, 6) is -1.17. The molecule has 0 radical (unpaired) electrons. The van der Waals surface area contributed by atoms with Gasteiger partial charge < -0.3 is 19.5 Å². The van der Waals surface area contributed by atoms with Crippen LogP contribution < -0.4 is 14.8 Å². The summed E-state index contributed by atoms with van der Waals surface area (Å²) in [6, 6.07) is 11.2. The number of nitrogens with zero attached hydrogens (tertiary/aromatic N) is 1. The van der Waals surface area contributed by atoms with E-state index in [0.29, 0.717) is 13.2 Å². The number of benzene rings is 2. The van der Waals surface area contributed by atoms with Crippen molar-refractivity contribution in [3.05, 3.63) is 65.2 Å². The lowest BCUT2D eigenvalue weighted by molar-refractivity contribution is -0.116. The van der Waals surface area contributed by atoms with E-state index in [-0.39, 0.29) is 23.6 Å². The maximum atomic E-state index is 12.7. The standard InChI is InChI=1S/C23H24F4N2O4/c24-22(25)32-19-6-4-18(20(13-19)33-23(26)27)5-7-21(30)28-14-16-2-1-3-17(12-16)15-29-8-10-31-11-9-29/h1-7,12-13,22-23H,8-11,14-15H2,(H,28,30)/b7-5+. The number of nitrogens with one attached hydrogen (secondary N) is 1. The highest BCUT2D eigenvalue weighted by Crippen LogP contribution is 2.28. The maximum absolute atomic E-state index is 12.7. The molecule has 0 unspecified atom stereocenters. The first-order valence-electron chi connectivity index (χ1n) is 10.3. The summed E-state index contributed by atoms with van der Waals surface area (Å²) in [5.41, 5.74) is 2.15. The Morgan fingerprint density at radius 1 is 1.03 bits per heavy atom. The highest BCUT2D eigenvalue weighted by atomic mass is 19.3. The summed E-state index contributed by atoms with van der Waals surface area (Å²) < 4.78 is 63.9. The van der Waals surface area contributed by atoms with Gasteiger partial charge in [0.25, 0.3) is 0 Å². The molecule has 0 atom stereocenters. The summed E-state index contributed by atoms with van der Waals surface area (Å²) >= 11 is 0. The number of morpholine rings is 1. The number of halogens is 4. The highest BCUT2D eigenvalue weighted by molar-refractivity contribution is 5.92. The Bertz CT molecular complexity index is 950. The Morgan fingerprint density at radius 3 is 2.48 bits per heavy atom. The fraction of sp³-hybridized carbons (Fsp3) is 0.348. The van der Waals surface area contributed by atoms with E-state index < -0.39 is 19.1 Å². The first-order chi connectivity index (χ1) is 15.9. The number of hydrogen-bond acceptors (Lipinski definition) is 5. The molecule has 10 heteroatoms. The van der Waals surface area contributed by atoms with E-state index >= 15 is 0 Å². The molecule has 1 aliphatic rings. The van der Waals surface area contributed by atoms with Crippen LogP contribution in [0.3, 0.4) is 0 Å². The predicted octanol–water partition coefficient (Wildman–Crippen LogP) is 4.05. The largest absolute Gasteiger partial charge is 0.435 e. The van der Waals surface area contributed by atoms with Crippen molar-refractivity contribution in [2.24, 2.45) is 0 Å². The van der Waals surface area contributed by atoms with Crippen LogP contribution in [0.4, 0.5) is 17.6 Å².